The van der Waals surface area contributed by atoms with E-state index in [1.54, 1.807) is 12.1 Å². The molecule has 2 aromatic carbocycles. The number of sulfonamides is 1. The molecule has 25 heavy (non-hydrogen) atoms. The lowest BCUT2D eigenvalue weighted by molar-refractivity contribution is 0.284. The van der Waals surface area contributed by atoms with Gasteiger partial charge in [0.1, 0.15) is 0 Å². The first-order chi connectivity index (χ1) is 12.0. The second-order valence-electron chi connectivity index (χ2n) is 5.95. The molecule has 0 saturated heterocycles. The van der Waals surface area contributed by atoms with Crippen LogP contribution in [0.1, 0.15) is 30.4 Å². The number of nitrogens with one attached hydrogen (secondary N) is 1. The van der Waals surface area contributed by atoms with E-state index >= 15 is 0 Å². The number of aliphatic hydroxyl groups excluding tert-OH is 1. The summed E-state index contributed by atoms with van der Waals surface area (Å²) < 4.78 is 26.9. The predicted octanol–water partition coefficient (Wildman–Crippen LogP) is 3.57. The van der Waals surface area contributed by atoms with Gasteiger partial charge in [-0.1, -0.05) is 35.9 Å². The first kappa shape index (κ1) is 19.9. The van der Waals surface area contributed by atoms with Gasteiger partial charge in [-0.05, 0) is 67.5 Å². The summed E-state index contributed by atoms with van der Waals surface area (Å²) in [6.07, 6.45) is 4.34. The second kappa shape index (κ2) is 9.92. The first-order valence-corrected chi connectivity index (χ1v) is 10.3. The maximum atomic E-state index is 12.2. The van der Waals surface area contributed by atoms with Gasteiger partial charge in [-0.2, -0.15) is 0 Å². The molecule has 0 aliphatic heterocycles. The summed E-state index contributed by atoms with van der Waals surface area (Å²) in [7, 11) is -3.48. The SMILES string of the molecule is O=S(=O)(NCCCc1ccc(CCCCO)cc1)c1ccc(Cl)cc1. The molecule has 0 unspecified atom stereocenters. The van der Waals surface area contributed by atoms with Crippen molar-refractivity contribution in [3.8, 4) is 0 Å². The van der Waals surface area contributed by atoms with Crippen molar-refractivity contribution in [1.82, 2.24) is 4.72 Å². The molecular formula is C19H24ClNO3S. The van der Waals surface area contributed by atoms with Crippen LogP contribution in [0, 0.1) is 0 Å². The topological polar surface area (TPSA) is 66.4 Å². The molecule has 0 heterocycles. The molecule has 0 fully saturated rings. The van der Waals surface area contributed by atoms with Crippen molar-refractivity contribution in [1.29, 1.82) is 0 Å². The molecule has 0 aliphatic rings. The Morgan fingerprint density at radius 1 is 0.840 bits per heavy atom. The summed E-state index contributed by atoms with van der Waals surface area (Å²) >= 11 is 5.78. The number of aliphatic hydroxyl groups is 1. The summed E-state index contributed by atoms with van der Waals surface area (Å²) in [6.45, 7) is 0.632. The minimum atomic E-state index is -3.48. The Morgan fingerprint density at radius 2 is 1.40 bits per heavy atom. The molecule has 2 aromatic rings. The molecule has 2 N–H and O–H groups in total. The normalized spacial score (nSPS) is 11.6. The number of hydrogen-bond acceptors (Lipinski definition) is 3. The van der Waals surface area contributed by atoms with Crippen molar-refractivity contribution in [2.24, 2.45) is 0 Å². The molecule has 0 aliphatic carbocycles. The van der Waals surface area contributed by atoms with Crippen molar-refractivity contribution in [3.05, 3.63) is 64.7 Å². The molecule has 4 nitrogen and oxygen atoms in total. The van der Waals surface area contributed by atoms with E-state index in [4.69, 9.17) is 16.7 Å². The monoisotopic (exact) mass is 381 g/mol. The zero-order valence-electron chi connectivity index (χ0n) is 14.1. The summed E-state index contributed by atoms with van der Waals surface area (Å²) in [5.41, 5.74) is 2.46. The molecule has 136 valence electrons. The van der Waals surface area contributed by atoms with Crippen LogP contribution >= 0.6 is 11.6 Å². The lowest BCUT2D eigenvalue weighted by Gasteiger charge is -2.07. The summed E-state index contributed by atoms with van der Waals surface area (Å²) in [5, 5.41) is 9.31. The van der Waals surface area contributed by atoms with E-state index < -0.39 is 10.0 Å². The predicted molar refractivity (Wildman–Crippen MR) is 101 cm³/mol. The fourth-order valence-corrected chi connectivity index (χ4v) is 3.71. The number of halogens is 1. The Kier molecular flexibility index (Phi) is 7.90. The number of aryl methyl sites for hydroxylation is 2. The van der Waals surface area contributed by atoms with Crippen LogP contribution in [0.4, 0.5) is 0 Å². The molecule has 0 bridgehead atoms. The summed E-state index contributed by atoms with van der Waals surface area (Å²) in [5.74, 6) is 0. The van der Waals surface area contributed by atoms with E-state index in [0.717, 1.165) is 32.1 Å². The second-order valence-corrected chi connectivity index (χ2v) is 8.16. The first-order valence-electron chi connectivity index (χ1n) is 8.45. The van der Waals surface area contributed by atoms with Gasteiger partial charge in [0.25, 0.3) is 0 Å². The zero-order chi connectivity index (χ0) is 18.1. The fraction of sp³-hybridized carbons (Fsp3) is 0.368. The van der Waals surface area contributed by atoms with Crippen LogP contribution in [0.2, 0.25) is 5.02 Å². The van der Waals surface area contributed by atoms with Gasteiger partial charge >= 0.3 is 0 Å². The largest absolute Gasteiger partial charge is 0.396 e. The third-order valence-electron chi connectivity index (χ3n) is 3.95. The van der Waals surface area contributed by atoms with Gasteiger partial charge < -0.3 is 5.11 Å². The van der Waals surface area contributed by atoms with Crippen molar-refractivity contribution in [2.45, 2.75) is 37.0 Å². The van der Waals surface area contributed by atoms with Crippen LogP contribution in [-0.2, 0) is 22.9 Å². The van der Waals surface area contributed by atoms with Gasteiger partial charge in [0, 0.05) is 18.2 Å². The van der Waals surface area contributed by atoms with Gasteiger partial charge in [-0.15, -0.1) is 0 Å². The van der Waals surface area contributed by atoms with Crippen LogP contribution in [0.15, 0.2) is 53.4 Å². The van der Waals surface area contributed by atoms with Gasteiger partial charge in [0.2, 0.25) is 10.0 Å². The van der Waals surface area contributed by atoms with Gasteiger partial charge in [0.05, 0.1) is 4.90 Å². The summed E-state index contributed by atoms with van der Waals surface area (Å²) in [4.78, 5) is 0.226. The van der Waals surface area contributed by atoms with Gasteiger partial charge in [-0.25, -0.2) is 13.1 Å². The highest BCUT2D eigenvalue weighted by Gasteiger charge is 2.12. The molecule has 0 saturated carbocycles. The van der Waals surface area contributed by atoms with Crippen molar-refractivity contribution in [2.75, 3.05) is 13.2 Å². The number of unbranched alkanes of at least 4 members (excludes halogenated alkanes) is 1. The molecular weight excluding hydrogens is 358 g/mol. The van der Waals surface area contributed by atoms with E-state index in [2.05, 4.69) is 29.0 Å². The van der Waals surface area contributed by atoms with Crippen LogP contribution in [-0.4, -0.2) is 26.7 Å². The molecule has 6 heteroatoms. The number of hydrogen-bond donors (Lipinski definition) is 2. The maximum absolute atomic E-state index is 12.2. The van der Waals surface area contributed by atoms with Crippen LogP contribution in [0.3, 0.4) is 0 Å². The lowest BCUT2D eigenvalue weighted by Crippen LogP contribution is -2.25. The fourth-order valence-electron chi connectivity index (χ4n) is 2.51. The Balaban J connectivity index is 1.76. The third kappa shape index (κ3) is 6.78. The van der Waals surface area contributed by atoms with Gasteiger partial charge in [-0.3, -0.25) is 0 Å². The van der Waals surface area contributed by atoms with Crippen LogP contribution in [0.5, 0.6) is 0 Å². The van der Waals surface area contributed by atoms with E-state index in [1.165, 1.54) is 23.3 Å². The standard InChI is InChI=1S/C19H24ClNO3S/c20-18-10-12-19(13-11-18)25(23,24)21-14-3-5-17-8-6-16(7-9-17)4-1-2-15-22/h6-13,21-22H,1-5,14-15H2. The minimum absolute atomic E-state index is 0.226. The molecule has 0 radical (unpaired) electrons. The van der Waals surface area contributed by atoms with Gasteiger partial charge in [0.15, 0.2) is 0 Å². The average molecular weight is 382 g/mol. The number of rotatable bonds is 10. The van der Waals surface area contributed by atoms with E-state index in [1.807, 2.05) is 0 Å². The van der Waals surface area contributed by atoms with Crippen LogP contribution in [0.25, 0.3) is 0 Å². The van der Waals surface area contributed by atoms with E-state index in [-0.39, 0.29) is 11.5 Å². The van der Waals surface area contributed by atoms with E-state index in [9.17, 15) is 8.42 Å². The molecule has 0 amide bonds. The smallest absolute Gasteiger partial charge is 0.240 e. The molecule has 2 rings (SSSR count). The molecule has 0 aromatic heterocycles. The number of benzene rings is 2. The summed E-state index contributed by atoms with van der Waals surface area (Å²) in [6, 6.07) is 14.5. The average Bonchev–Trinajstić information content (AvgIpc) is 2.61. The Labute approximate surface area is 154 Å². The lowest BCUT2D eigenvalue weighted by atomic mass is 10.0. The minimum Gasteiger partial charge on any atom is -0.396 e. The third-order valence-corrected chi connectivity index (χ3v) is 5.68. The highest BCUT2D eigenvalue weighted by atomic mass is 35.5. The quantitative estimate of drug-likeness (QED) is 0.618. The van der Waals surface area contributed by atoms with E-state index in [0.29, 0.717) is 11.6 Å². The molecule has 0 atom stereocenters. The molecule has 0 spiro atoms. The van der Waals surface area contributed by atoms with Crippen molar-refractivity contribution in [3.63, 3.8) is 0 Å². The Hall–Kier alpha value is -1.40. The Morgan fingerprint density at radius 3 is 1.96 bits per heavy atom. The van der Waals surface area contributed by atoms with Crippen molar-refractivity contribution < 1.29 is 13.5 Å². The highest BCUT2D eigenvalue weighted by molar-refractivity contribution is 7.89. The maximum Gasteiger partial charge on any atom is 0.240 e. The van der Waals surface area contributed by atoms with Crippen LogP contribution < -0.4 is 4.72 Å². The van der Waals surface area contributed by atoms with Crippen molar-refractivity contribution >= 4 is 21.6 Å². The highest BCUT2D eigenvalue weighted by Crippen LogP contribution is 2.14. The Bertz CT molecular complexity index is 743. The zero-order valence-corrected chi connectivity index (χ0v) is 15.7.